The number of halogens is 1. The van der Waals surface area contributed by atoms with E-state index in [0.717, 1.165) is 0 Å². The largest absolute Gasteiger partial charge is 0.465 e. The highest BCUT2D eigenvalue weighted by molar-refractivity contribution is 5.81. The third-order valence-corrected chi connectivity index (χ3v) is 2.44. The number of anilines is 1. The van der Waals surface area contributed by atoms with Crippen molar-refractivity contribution >= 4 is 17.6 Å². The van der Waals surface area contributed by atoms with E-state index in [0.29, 0.717) is 0 Å². The van der Waals surface area contributed by atoms with Gasteiger partial charge in [0.2, 0.25) is 0 Å². The zero-order chi connectivity index (χ0) is 15.0. The molecule has 0 aliphatic carbocycles. The summed E-state index contributed by atoms with van der Waals surface area (Å²) >= 11 is 0. The van der Waals surface area contributed by atoms with E-state index in [1.54, 1.807) is 19.9 Å². The molecular formula is C14H18FNO4. The lowest BCUT2D eigenvalue weighted by atomic mass is 10.2. The molecule has 5 nitrogen and oxygen atoms in total. The van der Waals surface area contributed by atoms with Crippen LogP contribution in [0.2, 0.25) is 0 Å². The summed E-state index contributed by atoms with van der Waals surface area (Å²) in [7, 11) is 0. The molecule has 0 saturated carbocycles. The molecule has 0 radical (unpaired) electrons. The Labute approximate surface area is 117 Å². The van der Waals surface area contributed by atoms with Crippen molar-refractivity contribution in [2.75, 3.05) is 31.2 Å². The fourth-order valence-corrected chi connectivity index (χ4v) is 1.66. The summed E-state index contributed by atoms with van der Waals surface area (Å²) in [5.41, 5.74) is 0.161. The van der Waals surface area contributed by atoms with Gasteiger partial charge in [0.1, 0.15) is 18.9 Å². The predicted octanol–water partition coefficient (Wildman–Crippen LogP) is 1.76. The zero-order valence-electron chi connectivity index (χ0n) is 11.6. The predicted molar refractivity (Wildman–Crippen MR) is 71.9 cm³/mol. The van der Waals surface area contributed by atoms with E-state index < -0.39 is 17.8 Å². The number of ether oxygens (including phenoxy) is 2. The number of carbonyl (C=O) groups is 2. The Morgan fingerprint density at radius 2 is 1.55 bits per heavy atom. The molecule has 1 aromatic carbocycles. The Bertz CT molecular complexity index is 444. The highest BCUT2D eigenvalue weighted by atomic mass is 19.1. The molecule has 0 amide bonds. The second kappa shape index (κ2) is 8.14. The second-order valence-electron chi connectivity index (χ2n) is 3.92. The average molecular weight is 283 g/mol. The van der Waals surface area contributed by atoms with Crippen LogP contribution < -0.4 is 4.90 Å². The number of carbonyl (C=O) groups excluding carboxylic acids is 2. The SMILES string of the molecule is CCOC(=O)CN(CC(=O)OCC)c1ccccc1F. The normalized spacial score (nSPS) is 9.95. The molecule has 0 aliphatic rings. The maximum atomic E-state index is 13.8. The number of benzene rings is 1. The number of esters is 2. The lowest BCUT2D eigenvalue weighted by Crippen LogP contribution is -2.36. The second-order valence-corrected chi connectivity index (χ2v) is 3.92. The van der Waals surface area contributed by atoms with Gasteiger partial charge in [-0.15, -0.1) is 0 Å². The smallest absolute Gasteiger partial charge is 0.325 e. The van der Waals surface area contributed by atoms with Crippen LogP contribution in [0.4, 0.5) is 10.1 Å². The lowest BCUT2D eigenvalue weighted by molar-refractivity contribution is -0.142. The number of hydrogen-bond acceptors (Lipinski definition) is 5. The van der Waals surface area contributed by atoms with Gasteiger partial charge in [-0.05, 0) is 26.0 Å². The van der Waals surface area contributed by atoms with Crippen molar-refractivity contribution in [2.24, 2.45) is 0 Å². The molecule has 0 aliphatic heterocycles. The summed E-state index contributed by atoms with van der Waals surface area (Å²) in [5, 5.41) is 0. The van der Waals surface area contributed by atoms with Gasteiger partial charge in [-0.1, -0.05) is 12.1 Å². The van der Waals surface area contributed by atoms with Crippen molar-refractivity contribution in [2.45, 2.75) is 13.8 Å². The van der Waals surface area contributed by atoms with Crippen molar-refractivity contribution in [3.63, 3.8) is 0 Å². The maximum absolute atomic E-state index is 13.8. The van der Waals surface area contributed by atoms with Crippen molar-refractivity contribution in [1.82, 2.24) is 0 Å². The summed E-state index contributed by atoms with van der Waals surface area (Å²) in [6.45, 7) is 3.38. The quantitative estimate of drug-likeness (QED) is 0.714. The van der Waals surface area contributed by atoms with Crippen LogP contribution in [0.3, 0.4) is 0 Å². The minimum atomic E-state index is -0.528. The molecule has 110 valence electrons. The minimum Gasteiger partial charge on any atom is -0.465 e. The van der Waals surface area contributed by atoms with Crippen molar-refractivity contribution in [3.05, 3.63) is 30.1 Å². The van der Waals surface area contributed by atoms with Gasteiger partial charge >= 0.3 is 11.9 Å². The van der Waals surface area contributed by atoms with Crippen LogP contribution in [0.5, 0.6) is 0 Å². The first-order valence-corrected chi connectivity index (χ1v) is 6.39. The van der Waals surface area contributed by atoms with Crippen LogP contribution in [-0.2, 0) is 19.1 Å². The molecule has 0 N–H and O–H groups in total. The maximum Gasteiger partial charge on any atom is 0.325 e. The molecular weight excluding hydrogens is 265 g/mol. The number of rotatable bonds is 7. The van der Waals surface area contributed by atoms with Gasteiger partial charge in [0.15, 0.2) is 0 Å². The van der Waals surface area contributed by atoms with E-state index in [2.05, 4.69) is 0 Å². The number of para-hydroxylation sites is 1. The van der Waals surface area contributed by atoms with E-state index >= 15 is 0 Å². The molecule has 0 aromatic heterocycles. The van der Waals surface area contributed by atoms with Gasteiger partial charge in [0.05, 0.1) is 18.9 Å². The fourth-order valence-electron chi connectivity index (χ4n) is 1.66. The number of nitrogens with zero attached hydrogens (tertiary/aromatic N) is 1. The van der Waals surface area contributed by atoms with Crippen LogP contribution in [0.1, 0.15) is 13.8 Å². The molecule has 0 fully saturated rings. The van der Waals surface area contributed by atoms with E-state index in [-0.39, 0.29) is 32.0 Å². The first-order chi connectivity index (χ1) is 9.58. The Kier molecular flexibility index (Phi) is 6.49. The van der Waals surface area contributed by atoms with Crippen molar-refractivity contribution in [1.29, 1.82) is 0 Å². The summed E-state index contributed by atoms with van der Waals surface area (Å²) in [6.07, 6.45) is 0. The first-order valence-electron chi connectivity index (χ1n) is 6.39. The van der Waals surface area contributed by atoms with Gasteiger partial charge in [0.25, 0.3) is 0 Å². The Balaban J connectivity index is 2.86. The van der Waals surface area contributed by atoms with E-state index in [1.807, 2.05) is 0 Å². The summed E-state index contributed by atoms with van der Waals surface area (Å²) in [5.74, 6) is -1.57. The molecule has 1 rings (SSSR count). The molecule has 0 unspecified atom stereocenters. The van der Waals surface area contributed by atoms with Crippen molar-refractivity contribution in [3.8, 4) is 0 Å². The van der Waals surface area contributed by atoms with Crippen molar-refractivity contribution < 1.29 is 23.5 Å². The van der Waals surface area contributed by atoms with Gasteiger partial charge in [-0.3, -0.25) is 9.59 Å². The van der Waals surface area contributed by atoms with Crippen LogP contribution >= 0.6 is 0 Å². The molecule has 0 heterocycles. The van der Waals surface area contributed by atoms with Crippen LogP contribution in [0.25, 0.3) is 0 Å². The molecule has 1 aromatic rings. The van der Waals surface area contributed by atoms with E-state index in [1.165, 1.54) is 23.1 Å². The fraction of sp³-hybridized carbons (Fsp3) is 0.429. The van der Waals surface area contributed by atoms with E-state index in [4.69, 9.17) is 9.47 Å². The summed E-state index contributed by atoms with van der Waals surface area (Å²) in [6, 6.07) is 5.92. The summed E-state index contributed by atoms with van der Waals surface area (Å²) < 4.78 is 23.4. The molecule has 0 saturated heterocycles. The third kappa shape index (κ3) is 4.87. The summed E-state index contributed by atoms with van der Waals surface area (Å²) in [4.78, 5) is 24.4. The van der Waals surface area contributed by atoms with Crippen LogP contribution in [-0.4, -0.2) is 38.2 Å². The minimum absolute atomic E-state index is 0.161. The molecule has 6 heteroatoms. The topological polar surface area (TPSA) is 55.8 Å². The van der Waals surface area contributed by atoms with Gasteiger partial charge in [-0.25, -0.2) is 4.39 Å². The highest BCUT2D eigenvalue weighted by Crippen LogP contribution is 2.18. The van der Waals surface area contributed by atoms with E-state index in [9.17, 15) is 14.0 Å². The molecule has 0 spiro atoms. The van der Waals surface area contributed by atoms with Crippen LogP contribution in [0.15, 0.2) is 24.3 Å². The molecule has 0 atom stereocenters. The zero-order valence-corrected chi connectivity index (χ0v) is 11.6. The third-order valence-electron chi connectivity index (χ3n) is 2.44. The van der Waals surface area contributed by atoms with Gasteiger partial charge in [-0.2, -0.15) is 0 Å². The Morgan fingerprint density at radius 1 is 1.05 bits per heavy atom. The number of hydrogen-bond donors (Lipinski definition) is 0. The molecule has 0 bridgehead atoms. The van der Waals surface area contributed by atoms with Gasteiger partial charge < -0.3 is 14.4 Å². The monoisotopic (exact) mass is 283 g/mol. The standard InChI is InChI=1S/C14H18FNO4/c1-3-19-13(17)9-16(10-14(18)20-4-2)12-8-6-5-7-11(12)15/h5-8H,3-4,9-10H2,1-2H3. The Morgan fingerprint density at radius 3 is 2.00 bits per heavy atom. The van der Waals surface area contributed by atoms with Gasteiger partial charge in [0, 0.05) is 0 Å². The Hall–Kier alpha value is -2.11. The molecule has 20 heavy (non-hydrogen) atoms. The highest BCUT2D eigenvalue weighted by Gasteiger charge is 2.19. The van der Waals surface area contributed by atoms with Crippen LogP contribution in [0, 0.1) is 5.82 Å². The average Bonchev–Trinajstić information content (AvgIpc) is 2.39. The first kappa shape index (κ1) is 15.9. The lowest BCUT2D eigenvalue weighted by Gasteiger charge is -2.23.